The minimum Gasteiger partial charge on any atom is -0.456 e. The van der Waals surface area contributed by atoms with Gasteiger partial charge in [-0.2, -0.15) is 0 Å². The van der Waals surface area contributed by atoms with Crippen LogP contribution in [0.15, 0.2) is 158 Å². The Balaban J connectivity index is 1.23. The third kappa shape index (κ3) is 4.02. The number of hydrogen-bond acceptors (Lipinski definition) is 5. The molecule has 0 aliphatic carbocycles. The van der Waals surface area contributed by atoms with Gasteiger partial charge in [-0.15, -0.1) is 0 Å². The fourth-order valence-electron chi connectivity index (χ4n) is 6.22. The highest BCUT2D eigenvalue weighted by atomic mass is 16.3. The van der Waals surface area contributed by atoms with Gasteiger partial charge in [-0.1, -0.05) is 103 Å². The molecule has 1 unspecified atom stereocenters. The van der Waals surface area contributed by atoms with Crippen LogP contribution in [0.2, 0.25) is 0 Å². The Kier molecular flexibility index (Phi) is 5.50. The molecule has 0 saturated carbocycles. The Labute approximate surface area is 252 Å². The zero-order chi connectivity index (χ0) is 29.0. The predicted molar refractivity (Wildman–Crippen MR) is 178 cm³/mol. The van der Waals surface area contributed by atoms with Crippen molar-refractivity contribution < 1.29 is 8.83 Å². The average Bonchev–Trinajstić information content (AvgIpc) is 3.66. The lowest BCUT2D eigenvalue weighted by Crippen LogP contribution is -2.33. The van der Waals surface area contributed by atoms with Gasteiger partial charge in [-0.05, 0) is 53.1 Å². The number of benzene rings is 6. The maximum Gasteiger partial charge on any atom is 0.159 e. The summed E-state index contributed by atoms with van der Waals surface area (Å²) >= 11 is 0. The van der Waals surface area contributed by atoms with Crippen LogP contribution in [-0.2, 0) is 0 Å². The van der Waals surface area contributed by atoms with Gasteiger partial charge in [0.25, 0.3) is 0 Å². The fraction of sp³-hybridized carbons (Fsp3) is 0.0256. The van der Waals surface area contributed by atoms with Gasteiger partial charge in [-0.3, -0.25) is 0 Å². The summed E-state index contributed by atoms with van der Waals surface area (Å²) in [4.78, 5) is 10.2. The van der Waals surface area contributed by atoms with Crippen LogP contribution in [0.5, 0.6) is 0 Å². The molecule has 5 heteroatoms. The van der Waals surface area contributed by atoms with Gasteiger partial charge in [0.05, 0.1) is 0 Å². The molecule has 8 aromatic rings. The van der Waals surface area contributed by atoms with E-state index in [2.05, 4.69) is 84.2 Å². The van der Waals surface area contributed by atoms with Gasteiger partial charge < -0.3 is 14.2 Å². The first-order chi connectivity index (χ1) is 21.8. The number of amidine groups is 2. The van der Waals surface area contributed by atoms with Crippen LogP contribution in [0.25, 0.3) is 55.0 Å². The number of nitrogens with zero attached hydrogens (tertiary/aromatic N) is 2. The van der Waals surface area contributed by atoms with Crippen LogP contribution in [0.4, 0.5) is 0 Å². The molecule has 1 atom stereocenters. The number of rotatable bonds is 4. The number of nitrogens with one attached hydrogen (secondary N) is 1. The van der Waals surface area contributed by atoms with E-state index < -0.39 is 0 Å². The third-order valence-electron chi connectivity index (χ3n) is 8.35. The summed E-state index contributed by atoms with van der Waals surface area (Å²) in [7, 11) is 0. The highest BCUT2D eigenvalue weighted by Gasteiger charge is 2.24. The van der Waals surface area contributed by atoms with Gasteiger partial charge in [0.1, 0.15) is 34.3 Å². The first-order valence-corrected chi connectivity index (χ1v) is 14.7. The molecule has 1 aliphatic heterocycles. The van der Waals surface area contributed by atoms with E-state index in [1.54, 1.807) is 0 Å². The molecule has 44 heavy (non-hydrogen) atoms. The first-order valence-electron chi connectivity index (χ1n) is 14.7. The highest BCUT2D eigenvalue weighted by Crippen LogP contribution is 2.36. The fourth-order valence-corrected chi connectivity index (χ4v) is 6.22. The number of aliphatic imine (C=N–C) groups is 2. The molecule has 2 aromatic heterocycles. The van der Waals surface area contributed by atoms with Crippen molar-refractivity contribution in [1.82, 2.24) is 5.32 Å². The van der Waals surface area contributed by atoms with Gasteiger partial charge in [0.15, 0.2) is 5.84 Å². The van der Waals surface area contributed by atoms with Gasteiger partial charge in [0.2, 0.25) is 0 Å². The zero-order valence-corrected chi connectivity index (χ0v) is 23.6. The minimum atomic E-state index is -0.321. The molecule has 0 saturated heterocycles. The number of fused-ring (bicyclic) bond motifs is 6. The summed E-state index contributed by atoms with van der Waals surface area (Å²) in [5.41, 5.74) is 8.55. The third-order valence-corrected chi connectivity index (χ3v) is 8.35. The molecule has 0 spiro atoms. The monoisotopic (exact) mass is 567 g/mol. The van der Waals surface area contributed by atoms with E-state index in [1.807, 2.05) is 60.7 Å². The summed E-state index contributed by atoms with van der Waals surface area (Å²) < 4.78 is 12.6. The second kappa shape index (κ2) is 9.82. The topological polar surface area (TPSA) is 63.0 Å². The molecule has 208 valence electrons. The van der Waals surface area contributed by atoms with Crippen molar-refractivity contribution in [2.24, 2.45) is 9.98 Å². The average molecular weight is 568 g/mol. The van der Waals surface area contributed by atoms with E-state index in [0.717, 1.165) is 77.5 Å². The predicted octanol–water partition coefficient (Wildman–Crippen LogP) is 9.65. The molecular formula is C39H25N3O2. The van der Waals surface area contributed by atoms with Gasteiger partial charge in [-0.25, -0.2) is 9.98 Å². The normalized spacial score (nSPS) is 15.0. The molecule has 6 aromatic carbocycles. The largest absolute Gasteiger partial charge is 0.456 e. The molecule has 3 heterocycles. The Hall–Kier alpha value is -5.94. The zero-order valence-electron chi connectivity index (χ0n) is 23.6. The van der Waals surface area contributed by atoms with Crippen molar-refractivity contribution in [3.63, 3.8) is 0 Å². The minimum absolute atomic E-state index is 0.321. The maximum absolute atomic E-state index is 6.35. The van der Waals surface area contributed by atoms with Crippen LogP contribution < -0.4 is 5.32 Å². The first kappa shape index (κ1) is 24.6. The van der Waals surface area contributed by atoms with Crippen LogP contribution >= 0.6 is 0 Å². The second-order valence-corrected chi connectivity index (χ2v) is 11.0. The van der Waals surface area contributed by atoms with E-state index in [9.17, 15) is 0 Å². The Bertz CT molecular complexity index is 2420. The summed E-state index contributed by atoms with van der Waals surface area (Å²) in [5.74, 6) is 1.39. The van der Waals surface area contributed by atoms with Crippen molar-refractivity contribution in [1.29, 1.82) is 0 Å². The number of furan rings is 2. The van der Waals surface area contributed by atoms with Crippen LogP contribution in [0, 0.1) is 0 Å². The molecule has 0 fully saturated rings. The van der Waals surface area contributed by atoms with E-state index in [0.29, 0.717) is 5.84 Å². The Morgan fingerprint density at radius 1 is 0.500 bits per heavy atom. The summed E-state index contributed by atoms with van der Waals surface area (Å²) in [5, 5.41) is 7.88. The van der Waals surface area contributed by atoms with Crippen molar-refractivity contribution in [3.8, 4) is 11.1 Å². The summed E-state index contributed by atoms with van der Waals surface area (Å²) in [6.07, 6.45) is -0.321. The Morgan fingerprint density at radius 2 is 1.20 bits per heavy atom. The molecule has 0 radical (unpaired) electrons. The van der Waals surface area contributed by atoms with Crippen LogP contribution in [0.1, 0.15) is 22.9 Å². The van der Waals surface area contributed by atoms with E-state index in [1.165, 1.54) is 0 Å². The molecule has 0 amide bonds. The van der Waals surface area contributed by atoms with Crippen LogP contribution in [-0.4, -0.2) is 11.7 Å². The number of hydrogen-bond donors (Lipinski definition) is 1. The molecule has 0 bridgehead atoms. The smallest absolute Gasteiger partial charge is 0.159 e. The summed E-state index contributed by atoms with van der Waals surface area (Å²) in [6.45, 7) is 0. The molecular weight excluding hydrogens is 542 g/mol. The maximum atomic E-state index is 6.35. The SMILES string of the molecule is c1ccc(-c2ccc3oc4cccc(C5=NC(c6ccc7c(c6)oc6ccccc67)=NC(c6ccccc6)N5)c4c3c2)cc1. The Morgan fingerprint density at radius 3 is 2.09 bits per heavy atom. The molecule has 1 aliphatic rings. The quantitative estimate of drug-likeness (QED) is 0.230. The van der Waals surface area contributed by atoms with E-state index in [4.69, 9.17) is 18.8 Å². The van der Waals surface area contributed by atoms with Crippen molar-refractivity contribution in [2.45, 2.75) is 6.17 Å². The van der Waals surface area contributed by atoms with Crippen LogP contribution in [0.3, 0.4) is 0 Å². The van der Waals surface area contributed by atoms with Gasteiger partial charge in [0, 0.05) is 32.7 Å². The lowest BCUT2D eigenvalue weighted by Gasteiger charge is -2.24. The molecule has 1 N–H and O–H groups in total. The highest BCUT2D eigenvalue weighted by molar-refractivity contribution is 6.22. The lowest BCUT2D eigenvalue weighted by atomic mass is 10.00. The van der Waals surface area contributed by atoms with Gasteiger partial charge >= 0.3 is 0 Å². The summed E-state index contributed by atoms with van der Waals surface area (Å²) in [6, 6.07) is 47.5. The standard InChI is InChI=1S/C39H25N3O2/c1-3-10-24(11-4-1)26-19-21-33-31(22-26)36-30(15-9-17-34(36)43-33)39-41-37(25-12-5-2-6-13-25)40-38(42-39)27-18-20-29-28-14-7-8-16-32(28)44-35(29)23-27/h1-23,37H,(H,40,41,42). The van der Waals surface area contributed by atoms with Crippen molar-refractivity contribution >= 4 is 55.5 Å². The number of para-hydroxylation sites is 1. The van der Waals surface area contributed by atoms with Crippen molar-refractivity contribution in [3.05, 3.63) is 156 Å². The van der Waals surface area contributed by atoms with E-state index in [-0.39, 0.29) is 6.17 Å². The van der Waals surface area contributed by atoms with E-state index >= 15 is 0 Å². The molecule has 9 rings (SSSR count). The second-order valence-electron chi connectivity index (χ2n) is 11.0. The van der Waals surface area contributed by atoms with Crippen molar-refractivity contribution in [2.75, 3.05) is 0 Å². The lowest BCUT2D eigenvalue weighted by molar-refractivity contribution is 0.667. The molecule has 5 nitrogen and oxygen atoms in total.